The summed E-state index contributed by atoms with van der Waals surface area (Å²) in [4.78, 5) is 15.6. The molecule has 0 aliphatic carbocycles. The Kier molecular flexibility index (Phi) is 6.42. The molecule has 2 aromatic carbocycles. The van der Waals surface area contributed by atoms with Gasteiger partial charge in [0.2, 0.25) is 5.91 Å². The minimum atomic E-state index is -0.282. The lowest BCUT2D eigenvalue weighted by atomic mass is 10.1. The number of carbonyl (C=O) groups is 1. The lowest BCUT2D eigenvalue weighted by Crippen LogP contribution is -2.39. The van der Waals surface area contributed by atoms with Gasteiger partial charge in [-0.05, 0) is 56.1 Å². The van der Waals surface area contributed by atoms with E-state index in [-0.39, 0.29) is 11.9 Å². The number of thioether (sulfide) groups is 1. The summed E-state index contributed by atoms with van der Waals surface area (Å²) in [6.07, 6.45) is 2.05. The second-order valence-corrected chi connectivity index (χ2v) is 6.50. The second kappa shape index (κ2) is 8.53. The van der Waals surface area contributed by atoms with Crippen LogP contribution in [0, 0.1) is 11.3 Å². The fourth-order valence-electron chi connectivity index (χ4n) is 2.27. The number of hydrogen-bond donors (Lipinski definition) is 1. The SMILES string of the molecule is CSc1ccc(CN(C)[C@@H](C)C(=O)Nc2cccc(C#N)c2)cc1. The molecular weight excluding hydrogens is 318 g/mol. The van der Waals surface area contributed by atoms with Crippen molar-refractivity contribution in [3.8, 4) is 6.07 Å². The van der Waals surface area contributed by atoms with Crippen molar-refractivity contribution in [2.75, 3.05) is 18.6 Å². The van der Waals surface area contributed by atoms with Crippen molar-refractivity contribution >= 4 is 23.4 Å². The molecule has 1 atom stereocenters. The molecule has 0 saturated carbocycles. The summed E-state index contributed by atoms with van der Waals surface area (Å²) in [5, 5.41) is 11.8. The van der Waals surface area contributed by atoms with Crippen LogP contribution in [0.15, 0.2) is 53.4 Å². The molecule has 0 radical (unpaired) electrons. The molecule has 1 N–H and O–H groups in total. The number of rotatable bonds is 6. The zero-order valence-electron chi connectivity index (χ0n) is 14.1. The highest BCUT2D eigenvalue weighted by Crippen LogP contribution is 2.16. The van der Waals surface area contributed by atoms with E-state index in [0.29, 0.717) is 17.8 Å². The van der Waals surface area contributed by atoms with Crippen molar-refractivity contribution in [3.05, 3.63) is 59.7 Å². The first kappa shape index (κ1) is 18.1. The molecule has 5 heteroatoms. The predicted octanol–water partition coefficient (Wildman–Crippen LogP) is 3.74. The molecule has 24 heavy (non-hydrogen) atoms. The minimum absolute atomic E-state index is 0.0895. The number of anilines is 1. The number of nitriles is 1. The van der Waals surface area contributed by atoms with E-state index in [2.05, 4.69) is 41.9 Å². The summed E-state index contributed by atoms with van der Waals surface area (Å²) in [5.41, 5.74) is 2.34. The third-order valence-electron chi connectivity index (χ3n) is 3.89. The quantitative estimate of drug-likeness (QED) is 0.815. The number of carbonyl (C=O) groups excluding carboxylic acids is 1. The van der Waals surface area contributed by atoms with Crippen LogP contribution in [0.5, 0.6) is 0 Å². The topological polar surface area (TPSA) is 56.1 Å². The Morgan fingerprint density at radius 2 is 2.00 bits per heavy atom. The Labute approximate surface area is 147 Å². The fraction of sp³-hybridized carbons (Fsp3) is 0.263. The van der Waals surface area contributed by atoms with Crippen molar-refractivity contribution in [1.82, 2.24) is 4.90 Å². The van der Waals surface area contributed by atoms with Crippen LogP contribution in [0.3, 0.4) is 0 Å². The standard InChI is InChI=1S/C19H21N3OS/c1-14(19(23)21-17-6-4-5-16(11-17)12-20)22(2)13-15-7-9-18(24-3)10-8-15/h4-11,14H,13H2,1-3H3,(H,21,23)/t14-/m0/s1. The first-order valence-corrected chi connectivity index (χ1v) is 8.90. The number of nitrogens with one attached hydrogen (secondary N) is 1. The van der Waals surface area contributed by atoms with Gasteiger partial charge in [-0.2, -0.15) is 5.26 Å². The lowest BCUT2D eigenvalue weighted by molar-refractivity contribution is -0.120. The van der Waals surface area contributed by atoms with Crippen molar-refractivity contribution in [2.45, 2.75) is 24.4 Å². The maximum absolute atomic E-state index is 12.4. The van der Waals surface area contributed by atoms with Gasteiger partial charge < -0.3 is 5.32 Å². The molecule has 2 aromatic rings. The number of nitrogens with zero attached hydrogens (tertiary/aromatic N) is 2. The number of benzene rings is 2. The van der Waals surface area contributed by atoms with Crippen LogP contribution in [0.1, 0.15) is 18.1 Å². The molecule has 0 spiro atoms. The largest absolute Gasteiger partial charge is 0.325 e. The van der Waals surface area contributed by atoms with E-state index in [1.807, 2.05) is 18.9 Å². The molecule has 0 aliphatic heterocycles. The number of likely N-dealkylation sites (N-methyl/N-ethyl adjacent to an activating group) is 1. The molecule has 4 nitrogen and oxygen atoms in total. The van der Waals surface area contributed by atoms with Crippen molar-refractivity contribution < 1.29 is 4.79 Å². The van der Waals surface area contributed by atoms with Crippen molar-refractivity contribution in [1.29, 1.82) is 5.26 Å². The van der Waals surface area contributed by atoms with Crippen LogP contribution in [0.25, 0.3) is 0 Å². The Morgan fingerprint density at radius 3 is 2.62 bits per heavy atom. The average Bonchev–Trinajstić information content (AvgIpc) is 2.61. The fourth-order valence-corrected chi connectivity index (χ4v) is 2.68. The molecule has 0 unspecified atom stereocenters. The van der Waals surface area contributed by atoms with Gasteiger partial charge in [0.1, 0.15) is 0 Å². The predicted molar refractivity (Wildman–Crippen MR) is 98.9 cm³/mol. The van der Waals surface area contributed by atoms with E-state index in [1.54, 1.807) is 36.0 Å². The van der Waals surface area contributed by atoms with Gasteiger partial charge in [-0.25, -0.2) is 0 Å². The Hall–Kier alpha value is -2.29. The summed E-state index contributed by atoms with van der Waals surface area (Å²) in [7, 11) is 1.93. The first-order valence-electron chi connectivity index (χ1n) is 7.67. The average molecular weight is 339 g/mol. The normalized spacial score (nSPS) is 11.8. The van der Waals surface area contributed by atoms with Crippen LogP contribution in [-0.2, 0) is 11.3 Å². The van der Waals surface area contributed by atoms with Crippen LogP contribution in [-0.4, -0.2) is 30.2 Å². The van der Waals surface area contributed by atoms with Gasteiger partial charge in [0, 0.05) is 17.1 Å². The van der Waals surface area contributed by atoms with Gasteiger partial charge in [-0.15, -0.1) is 11.8 Å². The van der Waals surface area contributed by atoms with Crippen molar-refractivity contribution in [2.24, 2.45) is 0 Å². The molecule has 0 aromatic heterocycles. The highest BCUT2D eigenvalue weighted by Gasteiger charge is 2.18. The summed E-state index contributed by atoms with van der Waals surface area (Å²) < 4.78 is 0. The van der Waals surface area contributed by atoms with Crippen LogP contribution in [0.4, 0.5) is 5.69 Å². The number of amides is 1. The number of hydrogen-bond acceptors (Lipinski definition) is 4. The van der Waals surface area contributed by atoms with E-state index in [9.17, 15) is 4.79 Å². The molecule has 1 amide bonds. The van der Waals surface area contributed by atoms with E-state index >= 15 is 0 Å². The summed E-state index contributed by atoms with van der Waals surface area (Å²) in [6.45, 7) is 2.57. The molecule has 0 saturated heterocycles. The van der Waals surface area contributed by atoms with Crippen molar-refractivity contribution in [3.63, 3.8) is 0 Å². The maximum Gasteiger partial charge on any atom is 0.241 e. The highest BCUT2D eigenvalue weighted by molar-refractivity contribution is 7.98. The summed E-state index contributed by atoms with van der Waals surface area (Å²) in [5.74, 6) is -0.0895. The van der Waals surface area contributed by atoms with E-state index in [0.717, 1.165) is 0 Å². The van der Waals surface area contributed by atoms with Crippen LogP contribution in [0.2, 0.25) is 0 Å². The van der Waals surface area contributed by atoms with Gasteiger partial charge in [-0.1, -0.05) is 18.2 Å². The lowest BCUT2D eigenvalue weighted by Gasteiger charge is -2.24. The smallest absolute Gasteiger partial charge is 0.241 e. The third kappa shape index (κ3) is 4.85. The molecule has 0 fully saturated rings. The van der Waals surface area contributed by atoms with Gasteiger partial charge >= 0.3 is 0 Å². The molecule has 2 rings (SSSR count). The Balaban J connectivity index is 1.97. The van der Waals surface area contributed by atoms with E-state index in [1.165, 1.54) is 10.5 Å². The maximum atomic E-state index is 12.4. The van der Waals surface area contributed by atoms with Gasteiger partial charge in [-0.3, -0.25) is 9.69 Å². The van der Waals surface area contributed by atoms with Gasteiger partial charge in [0.25, 0.3) is 0 Å². The molecule has 0 heterocycles. The van der Waals surface area contributed by atoms with Crippen LogP contribution < -0.4 is 5.32 Å². The molecular formula is C19H21N3OS. The zero-order chi connectivity index (χ0) is 17.5. The summed E-state index contributed by atoms with van der Waals surface area (Å²) >= 11 is 1.71. The van der Waals surface area contributed by atoms with Gasteiger partial charge in [0.05, 0.1) is 17.7 Å². The first-order chi connectivity index (χ1) is 11.5. The summed E-state index contributed by atoms with van der Waals surface area (Å²) in [6, 6.07) is 17.1. The second-order valence-electron chi connectivity index (χ2n) is 5.62. The molecule has 124 valence electrons. The Morgan fingerprint density at radius 1 is 1.29 bits per heavy atom. The molecule has 0 aliphatic rings. The van der Waals surface area contributed by atoms with E-state index < -0.39 is 0 Å². The third-order valence-corrected chi connectivity index (χ3v) is 4.63. The van der Waals surface area contributed by atoms with Crippen LogP contribution >= 0.6 is 11.8 Å². The van der Waals surface area contributed by atoms with Gasteiger partial charge in [0.15, 0.2) is 0 Å². The highest BCUT2D eigenvalue weighted by atomic mass is 32.2. The zero-order valence-corrected chi connectivity index (χ0v) is 14.9. The van der Waals surface area contributed by atoms with E-state index in [4.69, 9.17) is 5.26 Å². The molecule has 0 bridgehead atoms. The Bertz CT molecular complexity index is 737. The minimum Gasteiger partial charge on any atom is -0.325 e. The monoisotopic (exact) mass is 339 g/mol.